The maximum absolute atomic E-state index is 13.0. The van der Waals surface area contributed by atoms with Crippen LogP contribution >= 0.6 is 0 Å². The molecule has 0 unspecified atom stereocenters. The van der Waals surface area contributed by atoms with Crippen molar-refractivity contribution in [2.45, 2.75) is 20.0 Å². The zero-order valence-electron chi connectivity index (χ0n) is 16.6. The van der Waals surface area contributed by atoms with Crippen molar-refractivity contribution in [3.8, 4) is 0 Å². The molecule has 30 heavy (non-hydrogen) atoms. The number of carbonyl (C=O) groups excluding carboxylic acids is 1. The number of pyridine rings is 2. The maximum atomic E-state index is 13.0. The molecular weight excluding hydrogens is 376 g/mol. The van der Waals surface area contributed by atoms with Gasteiger partial charge in [0, 0.05) is 35.7 Å². The molecule has 0 saturated heterocycles. The van der Waals surface area contributed by atoms with E-state index in [1.165, 1.54) is 0 Å². The van der Waals surface area contributed by atoms with E-state index in [4.69, 9.17) is 0 Å². The van der Waals surface area contributed by atoms with E-state index in [1.807, 2.05) is 73.7 Å². The van der Waals surface area contributed by atoms with Crippen LogP contribution in [0.25, 0.3) is 10.9 Å². The van der Waals surface area contributed by atoms with E-state index < -0.39 is 0 Å². The Bertz CT molecular complexity index is 1220. The summed E-state index contributed by atoms with van der Waals surface area (Å²) in [6, 6.07) is 20.4. The Balaban J connectivity index is 1.65. The second-order valence-electron chi connectivity index (χ2n) is 7.23. The van der Waals surface area contributed by atoms with E-state index in [0.717, 1.165) is 22.0 Å². The molecule has 2 aromatic heterocycles. The molecule has 2 heterocycles. The molecule has 6 nitrogen and oxygen atoms in total. The molecule has 0 radical (unpaired) electrons. The first-order valence-electron chi connectivity index (χ1n) is 9.71. The molecule has 4 aromatic rings. The summed E-state index contributed by atoms with van der Waals surface area (Å²) in [5, 5.41) is 3.84. The lowest BCUT2D eigenvalue weighted by Crippen LogP contribution is -2.35. The average Bonchev–Trinajstić information content (AvgIpc) is 2.75. The summed E-state index contributed by atoms with van der Waals surface area (Å²) >= 11 is 0. The van der Waals surface area contributed by atoms with Crippen molar-refractivity contribution in [3.05, 3.63) is 106 Å². The number of aromatic amines is 1. The van der Waals surface area contributed by atoms with Crippen LogP contribution in [-0.4, -0.2) is 20.9 Å². The number of H-pyrrole nitrogens is 1. The Labute approximate surface area is 174 Å². The van der Waals surface area contributed by atoms with Gasteiger partial charge in [0.15, 0.2) is 0 Å². The lowest BCUT2D eigenvalue weighted by molar-refractivity contribution is 0.206. The molecule has 0 aliphatic carbocycles. The lowest BCUT2D eigenvalue weighted by atomic mass is 10.1. The molecule has 4 rings (SSSR count). The van der Waals surface area contributed by atoms with Crippen LogP contribution in [0.3, 0.4) is 0 Å². The van der Waals surface area contributed by atoms with E-state index in [-0.39, 0.29) is 18.1 Å². The molecule has 0 atom stereocenters. The lowest BCUT2D eigenvalue weighted by Gasteiger charge is -2.23. The van der Waals surface area contributed by atoms with Gasteiger partial charge in [-0.1, -0.05) is 35.9 Å². The van der Waals surface area contributed by atoms with Crippen molar-refractivity contribution >= 4 is 22.6 Å². The maximum Gasteiger partial charge on any atom is 0.322 e. The highest BCUT2D eigenvalue weighted by Crippen LogP contribution is 2.16. The summed E-state index contributed by atoms with van der Waals surface area (Å²) in [6.45, 7) is 2.51. The molecule has 0 saturated carbocycles. The zero-order valence-corrected chi connectivity index (χ0v) is 16.6. The van der Waals surface area contributed by atoms with Crippen molar-refractivity contribution in [3.63, 3.8) is 0 Å². The highest BCUT2D eigenvalue weighted by molar-refractivity contribution is 5.89. The molecule has 0 spiro atoms. The van der Waals surface area contributed by atoms with Gasteiger partial charge < -0.3 is 15.2 Å². The Hall–Kier alpha value is -3.93. The molecule has 2 amide bonds. The van der Waals surface area contributed by atoms with Crippen molar-refractivity contribution < 1.29 is 4.79 Å². The zero-order chi connectivity index (χ0) is 20.9. The minimum Gasteiger partial charge on any atom is -0.322 e. The Morgan fingerprint density at radius 3 is 2.63 bits per heavy atom. The van der Waals surface area contributed by atoms with Crippen LogP contribution in [0.4, 0.5) is 10.5 Å². The number of amides is 2. The monoisotopic (exact) mass is 398 g/mol. The smallest absolute Gasteiger partial charge is 0.322 e. The molecule has 2 N–H and O–H groups in total. The van der Waals surface area contributed by atoms with Crippen LogP contribution in [-0.2, 0) is 13.1 Å². The van der Waals surface area contributed by atoms with Gasteiger partial charge in [-0.3, -0.25) is 9.78 Å². The number of aromatic nitrogens is 2. The fourth-order valence-corrected chi connectivity index (χ4v) is 3.33. The third-order valence-electron chi connectivity index (χ3n) is 4.85. The van der Waals surface area contributed by atoms with Gasteiger partial charge in [-0.15, -0.1) is 0 Å². The minimum absolute atomic E-state index is 0.173. The van der Waals surface area contributed by atoms with Crippen LogP contribution in [0, 0.1) is 6.92 Å². The SMILES string of the molecule is Cc1ccc2[nH]c(=O)c(CN(Cc3cccnc3)C(=O)Nc3ccccc3)cc2c1. The van der Waals surface area contributed by atoms with E-state index >= 15 is 0 Å². The van der Waals surface area contributed by atoms with Gasteiger partial charge in [0.1, 0.15) is 0 Å². The highest BCUT2D eigenvalue weighted by Gasteiger charge is 2.17. The van der Waals surface area contributed by atoms with Crippen LogP contribution in [0.15, 0.2) is 83.9 Å². The van der Waals surface area contributed by atoms with Crippen LogP contribution in [0.5, 0.6) is 0 Å². The molecular formula is C24H22N4O2. The third-order valence-corrected chi connectivity index (χ3v) is 4.85. The van der Waals surface area contributed by atoms with Gasteiger partial charge in [-0.05, 0) is 54.3 Å². The molecule has 0 fully saturated rings. The van der Waals surface area contributed by atoms with Gasteiger partial charge in [0.25, 0.3) is 5.56 Å². The van der Waals surface area contributed by atoms with E-state index in [2.05, 4.69) is 15.3 Å². The number of anilines is 1. The van der Waals surface area contributed by atoms with Crippen molar-refractivity contribution in [2.24, 2.45) is 0 Å². The number of rotatable bonds is 5. The van der Waals surface area contributed by atoms with E-state index in [0.29, 0.717) is 17.8 Å². The molecule has 2 aromatic carbocycles. The first-order chi connectivity index (χ1) is 14.6. The number of nitrogens with one attached hydrogen (secondary N) is 2. The number of benzene rings is 2. The summed E-state index contributed by atoms with van der Waals surface area (Å²) in [5.41, 5.74) is 3.79. The predicted molar refractivity (Wildman–Crippen MR) is 118 cm³/mol. The summed E-state index contributed by atoms with van der Waals surface area (Å²) in [4.78, 5) is 34.3. The summed E-state index contributed by atoms with van der Waals surface area (Å²) in [6.07, 6.45) is 3.41. The number of para-hydroxylation sites is 1. The number of hydrogen-bond donors (Lipinski definition) is 2. The Morgan fingerprint density at radius 1 is 1.03 bits per heavy atom. The van der Waals surface area contributed by atoms with Crippen molar-refractivity contribution in [2.75, 3.05) is 5.32 Å². The number of nitrogens with zero attached hydrogens (tertiary/aromatic N) is 2. The Morgan fingerprint density at radius 2 is 1.87 bits per heavy atom. The summed E-state index contributed by atoms with van der Waals surface area (Å²) in [5.74, 6) is 0. The minimum atomic E-state index is -0.284. The second-order valence-corrected chi connectivity index (χ2v) is 7.23. The highest BCUT2D eigenvalue weighted by atomic mass is 16.2. The van der Waals surface area contributed by atoms with Gasteiger partial charge in [0.2, 0.25) is 0 Å². The van der Waals surface area contributed by atoms with Crippen molar-refractivity contribution in [1.82, 2.24) is 14.9 Å². The fraction of sp³-hybridized carbons (Fsp3) is 0.125. The number of fused-ring (bicyclic) bond motifs is 1. The summed E-state index contributed by atoms with van der Waals surface area (Å²) in [7, 11) is 0. The molecule has 6 heteroatoms. The summed E-state index contributed by atoms with van der Waals surface area (Å²) < 4.78 is 0. The largest absolute Gasteiger partial charge is 0.322 e. The fourth-order valence-electron chi connectivity index (χ4n) is 3.33. The topological polar surface area (TPSA) is 78.1 Å². The number of aryl methyl sites for hydroxylation is 1. The van der Waals surface area contributed by atoms with Gasteiger partial charge in [-0.2, -0.15) is 0 Å². The first kappa shape index (κ1) is 19.4. The molecule has 0 aliphatic heterocycles. The van der Waals surface area contributed by atoms with Crippen molar-refractivity contribution in [1.29, 1.82) is 0 Å². The molecule has 0 aliphatic rings. The second kappa shape index (κ2) is 8.61. The van der Waals surface area contributed by atoms with E-state index in [9.17, 15) is 9.59 Å². The number of hydrogen-bond acceptors (Lipinski definition) is 3. The van der Waals surface area contributed by atoms with E-state index in [1.54, 1.807) is 17.3 Å². The average molecular weight is 398 g/mol. The quantitative estimate of drug-likeness (QED) is 0.521. The van der Waals surface area contributed by atoms with Gasteiger partial charge >= 0.3 is 6.03 Å². The van der Waals surface area contributed by atoms with Gasteiger partial charge in [0.05, 0.1) is 6.54 Å². The third kappa shape index (κ3) is 4.55. The number of carbonyl (C=O) groups is 1. The van der Waals surface area contributed by atoms with Crippen LogP contribution in [0.2, 0.25) is 0 Å². The van der Waals surface area contributed by atoms with Crippen LogP contribution in [0.1, 0.15) is 16.7 Å². The first-order valence-corrected chi connectivity index (χ1v) is 9.71. The molecule has 150 valence electrons. The van der Waals surface area contributed by atoms with Gasteiger partial charge in [-0.25, -0.2) is 4.79 Å². The molecule has 0 bridgehead atoms. The van der Waals surface area contributed by atoms with Crippen LogP contribution < -0.4 is 10.9 Å². The number of urea groups is 1. The standard InChI is InChI=1S/C24H22N4O2/c1-17-9-10-22-19(12-17)13-20(23(29)27-22)16-28(15-18-6-5-11-25-14-18)24(30)26-21-7-3-2-4-8-21/h2-14H,15-16H2,1H3,(H,26,30)(H,27,29). The predicted octanol–water partition coefficient (Wildman–Crippen LogP) is 4.47. The normalized spacial score (nSPS) is 10.7. The Kier molecular flexibility index (Phi) is 5.57.